The van der Waals surface area contributed by atoms with Crippen LogP contribution in [0, 0.1) is 18.1 Å². The van der Waals surface area contributed by atoms with Gasteiger partial charge in [0.25, 0.3) is 0 Å². The van der Waals surface area contributed by atoms with E-state index in [2.05, 4.69) is 4.98 Å². The lowest BCUT2D eigenvalue weighted by atomic mass is 9.87. The van der Waals surface area contributed by atoms with Crippen LogP contribution >= 0.6 is 0 Å². The fourth-order valence-corrected chi connectivity index (χ4v) is 1.74. The highest BCUT2D eigenvalue weighted by Gasteiger charge is 2.13. The Balaban J connectivity index is 2.65. The van der Waals surface area contributed by atoms with Crippen molar-refractivity contribution in [2.24, 2.45) is 5.41 Å². The highest BCUT2D eigenvalue weighted by Crippen LogP contribution is 2.25. The summed E-state index contributed by atoms with van der Waals surface area (Å²) in [6, 6.07) is 6.94. The lowest BCUT2D eigenvalue weighted by Crippen LogP contribution is -2.10. The predicted octanol–water partition coefficient (Wildman–Crippen LogP) is 4.78. The molecule has 0 saturated carbocycles. The minimum atomic E-state index is -2.48. The summed E-state index contributed by atoms with van der Waals surface area (Å²) in [6.45, 7) is 2.66. The lowest BCUT2D eigenvalue weighted by molar-refractivity contribution is 0.410. The average molecular weight is 262 g/mol. The molecule has 100 valence electrons. The van der Waals surface area contributed by atoms with Crippen LogP contribution < -0.4 is 0 Å². The fraction of sp³-hybridized carbons (Fsp3) is 0.353. The van der Waals surface area contributed by atoms with Crippen LogP contribution in [-0.4, -0.2) is 4.98 Å². The van der Waals surface area contributed by atoms with Crippen molar-refractivity contribution < 1.29 is 11.2 Å². The van der Waals surface area contributed by atoms with E-state index in [1.807, 2.05) is 0 Å². The van der Waals surface area contributed by atoms with Gasteiger partial charge in [-0.1, -0.05) is 20.8 Å². The molecule has 0 bridgehead atoms. The summed E-state index contributed by atoms with van der Waals surface area (Å²) >= 11 is 0. The largest absolute Gasteiger partial charge is 0.256 e. The molecule has 1 nitrogen and oxygen atoms in total. The van der Waals surface area contributed by atoms with E-state index in [1.165, 1.54) is 36.5 Å². The number of aryl methyl sites for hydroxylation is 1. The summed E-state index contributed by atoms with van der Waals surface area (Å²) in [6.07, 6.45) is -0.587. The maximum Gasteiger partial charge on any atom is 0.123 e. The number of nitrogens with zero attached hydrogens (tertiary/aromatic N) is 1. The van der Waals surface area contributed by atoms with E-state index in [0.717, 1.165) is 0 Å². The van der Waals surface area contributed by atoms with Gasteiger partial charge in [-0.05, 0) is 60.1 Å². The first kappa shape index (κ1) is 8.47. The van der Waals surface area contributed by atoms with Gasteiger partial charge in [-0.25, -0.2) is 4.39 Å². The van der Waals surface area contributed by atoms with Crippen LogP contribution in [0.5, 0.6) is 0 Å². The van der Waals surface area contributed by atoms with E-state index in [1.54, 1.807) is 20.8 Å². The highest BCUT2D eigenvalue weighted by molar-refractivity contribution is 5.60. The molecule has 1 heterocycles. The van der Waals surface area contributed by atoms with E-state index in [0.29, 0.717) is 11.3 Å². The minimum Gasteiger partial charge on any atom is -0.256 e. The van der Waals surface area contributed by atoms with Gasteiger partial charge in [-0.3, -0.25) is 4.98 Å². The second-order valence-electron chi connectivity index (χ2n) is 5.50. The summed E-state index contributed by atoms with van der Waals surface area (Å²) in [5.74, 6) is -0.393. The molecule has 0 fully saturated rings. The fourth-order valence-electron chi connectivity index (χ4n) is 1.74. The number of hydrogen-bond acceptors (Lipinski definition) is 1. The molecular weight excluding hydrogens is 237 g/mol. The smallest absolute Gasteiger partial charge is 0.123 e. The van der Waals surface area contributed by atoms with Gasteiger partial charge < -0.3 is 0 Å². The van der Waals surface area contributed by atoms with Gasteiger partial charge in [0.1, 0.15) is 5.82 Å². The molecule has 0 unspecified atom stereocenters. The van der Waals surface area contributed by atoms with Crippen molar-refractivity contribution >= 4 is 0 Å². The van der Waals surface area contributed by atoms with Crippen LogP contribution in [0.25, 0.3) is 11.3 Å². The summed E-state index contributed by atoms with van der Waals surface area (Å²) in [5.41, 5.74) is 0.128. The Morgan fingerprint density at radius 1 is 1.26 bits per heavy atom. The first-order valence-corrected chi connectivity index (χ1v) is 6.11. The third kappa shape index (κ3) is 3.63. The number of pyridine rings is 1. The van der Waals surface area contributed by atoms with Gasteiger partial charge in [-0.15, -0.1) is 0 Å². The first-order valence-electron chi connectivity index (χ1n) is 8.61. The van der Waals surface area contributed by atoms with Crippen molar-refractivity contribution in [1.82, 2.24) is 4.98 Å². The molecule has 1 aromatic carbocycles. The number of benzene rings is 1. The number of halogens is 1. The highest BCUT2D eigenvalue weighted by atomic mass is 19.1. The van der Waals surface area contributed by atoms with Gasteiger partial charge in [0, 0.05) is 18.6 Å². The van der Waals surface area contributed by atoms with Gasteiger partial charge in [0.2, 0.25) is 0 Å². The van der Waals surface area contributed by atoms with Crippen molar-refractivity contribution in [1.29, 1.82) is 0 Å². The Morgan fingerprint density at radius 2 is 1.95 bits per heavy atom. The first-order chi connectivity index (χ1) is 10.8. The monoisotopic (exact) mass is 262 g/mol. The van der Waals surface area contributed by atoms with Crippen LogP contribution in [0.1, 0.15) is 38.8 Å². The van der Waals surface area contributed by atoms with Crippen molar-refractivity contribution in [2.75, 3.05) is 0 Å². The second-order valence-corrected chi connectivity index (χ2v) is 5.50. The quantitative estimate of drug-likeness (QED) is 0.758. The molecular formula is C17H20FN. The maximum atomic E-state index is 13.1. The standard InChI is InChI=1S/C17H20FN/c1-12-9-16(13-5-7-15(18)8-6-13)19-11-14(12)10-17(2,3)4/h5-9,11H,10H2,1-4H3/i1D3,10D2. The molecule has 0 radical (unpaired) electrons. The normalized spacial score (nSPS) is 16.9. The number of aromatic nitrogens is 1. The Kier molecular flexibility index (Phi) is 2.28. The van der Waals surface area contributed by atoms with Crippen LogP contribution in [0.3, 0.4) is 0 Å². The molecule has 0 amide bonds. The SMILES string of the molecule is [2H]C([2H])([2H])c1cc(-c2ccc(F)cc2)ncc1C([2H])([2H])C(C)(C)C. The zero-order valence-electron chi connectivity index (χ0n) is 16.3. The molecule has 0 aliphatic rings. The second kappa shape index (κ2) is 5.12. The summed E-state index contributed by atoms with van der Waals surface area (Å²) in [4.78, 5) is 4.22. The van der Waals surface area contributed by atoms with Crippen LogP contribution in [0.15, 0.2) is 36.5 Å². The Labute approximate surface area is 121 Å². The number of hydrogen-bond donors (Lipinski definition) is 0. The van der Waals surface area contributed by atoms with E-state index >= 15 is 0 Å². The molecule has 0 aliphatic carbocycles. The predicted molar refractivity (Wildman–Crippen MR) is 77.5 cm³/mol. The van der Waals surface area contributed by atoms with Crippen molar-refractivity contribution in [2.45, 2.75) is 34.0 Å². The summed E-state index contributed by atoms with van der Waals surface area (Å²) in [7, 11) is 0. The Morgan fingerprint density at radius 3 is 2.53 bits per heavy atom. The molecule has 2 heteroatoms. The average Bonchev–Trinajstić information content (AvgIpc) is 2.45. The van der Waals surface area contributed by atoms with Crippen molar-refractivity contribution in [3.05, 3.63) is 53.5 Å². The molecule has 1 aromatic heterocycles. The molecule has 19 heavy (non-hydrogen) atoms. The molecule has 0 atom stereocenters. The van der Waals surface area contributed by atoms with Gasteiger partial charge in [-0.2, -0.15) is 0 Å². The summed E-state index contributed by atoms with van der Waals surface area (Å²) in [5, 5.41) is 0. The van der Waals surface area contributed by atoms with E-state index < -0.39 is 24.5 Å². The lowest BCUT2D eigenvalue weighted by Gasteiger charge is -2.19. The zero-order chi connectivity index (χ0) is 18.3. The van der Waals surface area contributed by atoms with E-state index in [-0.39, 0.29) is 11.1 Å². The van der Waals surface area contributed by atoms with E-state index in [4.69, 9.17) is 6.85 Å². The molecule has 2 rings (SSSR count). The van der Waals surface area contributed by atoms with Crippen molar-refractivity contribution in [3.63, 3.8) is 0 Å². The Hall–Kier alpha value is -1.70. The molecule has 2 aromatic rings. The van der Waals surface area contributed by atoms with Crippen molar-refractivity contribution in [3.8, 4) is 11.3 Å². The number of rotatable bonds is 2. The van der Waals surface area contributed by atoms with Gasteiger partial charge >= 0.3 is 0 Å². The molecule has 0 N–H and O–H groups in total. The molecule has 0 aliphatic heterocycles. The zero-order valence-corrected chi connectivity index (χ0v) is 11.3. The van der Waals surface area contributed by atoms with Crippen LogP contribution in [0.2, 0.25) is 0 Å². The van der Waals surface area contributed by atoms with Crippen LogP contribution in [0.4, 0.5) is 4.39 Å². The van der Waals surface area contributed by atoms with Gasteiger partial charge in [0.15, 0.2) is 0 Å². The third-order valence-electron chi connectivity index (χ3n) is 2.55. The summed E-state index contributed by atoms with van der Waals surface area (Å²) < 4.78 is 53.1. The van der Waals surface area contributed by atoms with Gasteiger partial charge in [0.05, 0.1) is 5.69 Å². The third-order valence-corrected chi connectivity index (χ3v) is 2.55. The Bertz CT molecular complexity index is 730. The maximum absolute atomic E-state index is 13.1. The molecule has 0 saturated heterocycles. The topological polar surface area (TPSA) is 12.9 Å². The van der Waals surface area contributed by atoms with E-state index in [9.17, 15) is 4.39 Å². The minimum absolute atomic E-state index is 0.0564. The molecule has 0 spiro atoms. The van der Waals surface area contributed by atoms with Crippen LogP contribution in [-0.2, 0) is 6.37 Å².